The third-order valence-corrected chi connectivity index (χ3v) is 3.70. The number of nitro groups is 1. The number of rotatable bonds is 9. The predicted molar refractivity (Wildman–Crippen MR) is 99.2 cm³/mol. The summed E-state index contributed by atoms with van der Waals surface area (Å²) >= 11 is 0. The standard InChI is InChI=1S/C19H20N2O6/c1-2-10-27-17-8-6-13(7-9-18(22)23)11-16(17)20-19(24)14-4-3-5-15(12-14)21(25)26/h3-6,8,11-12H,2,7,9-10H2,1H3,(H,20,24)(H,22,23). The number of carboxylic acid groups (broad SMARTS) is 1. The SMILES string of the molecule is CCCOc1ccc(CCC(=O)O)cc1NC(=O)c1cccc([N+](=O)[O-])c1. The molecule has 0 unspecified atom stereocenters. The first kappa shape index (κ1) is 19.9. The Labute approximate surface area is 155 Å². The number of aliphatic carboxylic acids is 1. The van der Waals surface area contributed by atoms with Gasteiger partial charge in [0.1, 0.15) is 5.75 Å². The number of ether oxygens (including phenoxy) is 1. The number of hydrogen-bond donors (Lipinski definition) is 2. The highest BCUT2D eigenvalue weighted by Gasteiger charge is 2.14. The second-order valence-electron chi connectivity index (χ2n) is 5.83. The van der Waals surface area contributed by atoms with E-state index in [4.69, 9.17) is 9.84 Å². The van der Waals surface area contributed by atoms with Crippen molar-refractivity contribution in [1.82, 2.24) is 0 Å². The van der Waals surface area contributed by atoms with Crippen LogP contribution < -0.4 is 10.1 Å². The van der Waals surface area contributed by atoms with E-state index >= 15 is 0 Å². The van der Waals surface area contributed by atoms with E-state index < -0.39 is 16.8 Å². The maximum Gasteiger partial charge on any atom is 0.303 e. The Morgan fingerprint density at radius 3 is 2.67 bits per heavy atom. The lowest BCUT2D eigenvalue weighted by Crippen LogP contribution is -2.14. The van der Waals surface area contributed by atoms with Gasteiger partial charge in [0, 0.05) is 24.1 Å². The van der Waals surface area contributed by atoms with Crippen molar-refractivity contribution in [2.75, 3.05) is 11.9 Å². The fraction of sp³-hybridized carbons (Fsp3) is 0.263. The summed E-state index contributed by atoms with van der Waals surface area (Å²) < 4.78 is 5.63. The molecule has 0 heterocycles. The van der Waals surface area contributed by atoms with Crippen LogP contribution in [-0.2, 0) is 11.2 Å². The van der Waals surface area contributed by atoms with Gasteiger partial charge in [-0.2, -0.15) is 0 Å². The first-order valence-electron chi connectivity index (χ1n) is 8.44. The number of non-ortho nitro benzene ring substituents is 1. The monoisotopic (exact) mass is 372 g/mol. The summed E-state index contributed by atoms with van der Waals surface area (Å²) in [6.07, 6.45) is 1.05. The van der Waals surface area contributed by atoms with Crippen molar-refractivity contribution in [3.63, 3.8) is 0 Å². The molecule has 2 N–H and O–H groups in total. The predicted octanol–water partition coefficient (Wildman–Crippen LogP) is 3.65. The van der Waals surface area contributed by atoms with Gasteiger partial charge in [-0.3, -0.25) is 19.7 Å². The van der Waals surface area contributed by atoms with Crippen molar-refractivity contribution < 1.29 is 24.4 Å². The summed E-state index contributed by atoms with van der Waals surface area (Å²) in [5.74, 6) is -0.978. The van der Waals surface area contributed by atoms with E-state index in [1.54, 1.807) is 18.2 Å². The second kappa shape index (κ2) is 9.33. The van der Waals surface area contributed by atoms with Crippen molar-refractivity contribution in [2.45, 2.75) is 26.2 Å². The van der Waals surface area contributed by atoms with Gasteiger partial charge in [0.25, 0.3) is 11.6 Å². The molecule has 0 atom stereocenters. The average molecular weight is 372 g/mol. The molecule has 1 amide bonds. The molecule has 0 saturated heterocycles. The zero-order valence-corrected chi connectivity index (χ0v) is 14.8. The quantitative estimate of drug-likeness (QED) is 0.512. The summed E-state index contributed by atoms with van der Waals surface area (Å²) in [5, 5.41) is 22.4. The van der Waals surface area contributed by atoms with Crippen LogP contribution in [0.4, 0.5) is 11.4 Å². The fourth-order valence-corrected chi connectivity index (χ4v) is 2.37. The van der Waals surface area contributed by atoms with Gasteiger partial charge < -0.3 is 15.2 Å². The van der Waals surface area contributed by atoms with Crippen LogP contribution in [0.2, 0.25) is 0 Å². The zero-order valence-electron chi connectivity index (χ0n) is 14.8. The van der Waals surface area contributed by atoms with Gasteiger partial charge in [-0.25, -0.2) is 0 Å². The summed E-state index contributed by atoms with van der Waals surface area (Å²) in [4.78, 5) is 33.6. The molecule has 0 fully saturated rings. The average Bonchev–Trinajstić information content (AvgIpc) is 2.65. The van der Waals surface area contributed by atoms with E-state index in [0.717, 1.165) is 12.0 Å². The van der Waals surface area contributed by atoms with Crippen LogP contribution in [0.25, 0.3) is 0 Å². The molecule has 0 aliphatic heterocycles. The molecule has 0 aliphatic carbocycles. The van der Waals surface area contributed by atoms with Crippen molar-refractivity contribution in [2.24, 2.45) is 0 Å². The first-order chi connectivity index (χ1) is 12.9. The van der Waals surface area contributed by atoms with Crippen molar-refractivity contribution >= 4 is 23.3 Å². The number of nitrogens with one attached hydrogen (secondary N) is 1. The lowest BCUT2D eigenvalue weighted by atomic mass is 10.1. The maximum absolute atomic E-state index is 12.5. The maximum atomic E-state index is 12.5. The third kappa shape index (κ3) is 5.81. The number of amides is 1. The van der Waals surface area contributed by atoms with E-state index in [2.05, 4.69) is 5.32 Å². The van der Waals surface area contributed by atoms with Gasteiger partial charge in [-0.15, -0.1) is 0 Å². The minimum atomic E-state index is -0.913. The van der Waals surface area contributed by atoms with E-state index in [-0.39, 0.29) is 17.7 Å². The lowest BCUT2D eigenvalue weighted by molar-refractivity contribution is -0.384. The molecule has 142 valence electrons. The minimum Gasteiger partial charge on any atom is -0.491 e. The summed E-state index contributed by atoms with van der Waals surface area (Å²) in [6.45, 7) is 2.40. The number of anilines is 1. The molecule has 8 heteroatoms. The van der Waals surface area contributed by atoms with Crippen LogP contribution in [0.5, 0.6) is 5.75 Å². The van der Waals surface area contributed by atoms with Crippen molar-refractivity contribution in [1.29, 1.82) is 0 Å². The van der Waals surface area contributed by atoms with Crippen LogP contribution in [-0.4, -0.2) is 28.5 Å². The first-order valence-corrected chi connectivity index (χ1v) is 8.44. The Kier molecular flexibility index (Phi) is 6.87. The van der Waals surface area contributed by atoms with Crippen molar-refractivity contribution in [3.05, 3.63) is 63.7 Å². The number of nitrogens with zero attached hydrogens (tertiary/aromatic N) is 1. The van der Waals surface area contributed by atoms with Crippen LogP contribution in [0.1, 0.15) is 35.7 Å². The molecule has 8 nitrogen and oxygen atoms in total. The summed E-state index contributed by atoms with van der Waals surface area (Å²) in [7, 11) is 0. The highest BCUT2D eigenvalue weighted by Crippen LogP contribution is 2.27. The van der Waals surface area contributed by atoms with Gasteiger partial charge in [0.05, 0.1) is 17.2 Å². The molecule has 0 radical (unpaired) electrons. The fourth-order valence-electron chi connectivity index (χ4n) is 2.37. The molecule has 0 saturated carbocycles. The Balaban J connectivity index is 2.26. The number of nitro benzene ring substituents is 1. The molecule has 0 spiro atoms. The molecule has 0 aromatic heterocycles. The Bertz CT molecular complexity index is 850. The molecule has 0 bridgehead atoms. The second-order valence-corrected chi connectivity index (χ2v) is 5.83. The molecular formula is C19H20N2O6. The largest absolute Gasteiger partial charge is 0.491 e. The van der Waals surface area contributed by atoms with Gasteiger partial charge in [0.2, 0.25) is 0 Å². The highest BCUT2D eigenvalue weighted by molar-refractivity contribution is 6.05. The number of benzene rings is 2. The molecular weight excluding hydrogens is 352 g/mol. The van der Waals surface area contributed by atoms with Gasteiger partial charge in [0.15, 0.2) is 0 Å². The molecule has 2 aromatic rings. The smallest absolute Gasteiger partial charge is 0.303 e. The molecule has 2 aromatic carbocycles. The van der Waals surface area contributed by atoms with E-state index in [1.807, 2.05) is 6.92 Å². The van der Waals surface area contributed by atoms with Crippen LogP contribution >= 0.6 is 0 Å². The summed E-state index contributed by atoms with van der Waals surface area (Å²) in [5.41, 5.74) is 1.08. The third-order valence-electron chi connectivity index (χ3n) is 3.70. The van der Waals surface area contributed by atoms with E-state index in [1.165, 1.54) is 24.3 Å². The summed E-state index contributed by atoms with van der Waals surface area (Å²) in [6, 6.07) is 10.5. The Morgan fingerprint density at radius 2 is 2.00 bits per heavy atom. The van der Waals surface area contributed by atoms with E-state index in [9.17, 15) is 19.7 Å². The Morgan fingerprint density at radius 1 is 1.22 bits per heavy atom. The highest BCUT2D eigenvalue weighted by atomic mass is 16.6. The number of carbonyl (C=O) groups excluding carboxylic acids is 1. The van der Waals surface area contributed by atoms with Crippen LogP contribution in [0.15, 0.2) is 42.5 Å². The number of hydrogen-bond acceptors (Lipinski definition) is 5. The van der Waals surface area contributed by atoms with Gasteiger partial charge >= 0.3 is 5.97 Å². The molecule has 27 heavy (non-hydrogen) atoms. The minimum absolute atomic E-state index is 0.0343. The lowest BCUT2D eigenvalue weighted by Gasteiger charge is -2.14. The molecule has 2 rings (SSSR count). The number of carboxylic acids is 1. The molecule has 0 aliphatic rings. The van der Waals surface area contributed by atoms with E-state index in [0.29, 0.717) is 24.5 Å². The van der Waals surface area contributed by atoms with Crippen molar-refractivity contribution in [3.8, 4) is 5.75 Å². The number of carbonyl (C=O) groups is 2. The zero-order chi connectivity index (χ0) is 19.8. The normalized spacial score (nSPS) is 10.3. The Hall–Kier alpha value is -3.42. The van der Waals surface area contributed by atoms with Crippen LogP contribution in [0, 0.1) is 10.1 Å². The van der Waals surface area contributed by atoms with Crippen LogP contribution in [0.3, 0.4) is 0 Å². The van der Waals surface area contributed by atoms with Gasteiger partial charge in [-0.05, 0) is 36.6 Å². The topological polar surface area (TPSA) is 119 Å². The number of aryl methyl sites for hydroxylation is 1. The van der Waals surface area contributed by atoms with Gasteiger partial charge in [-0.1, -0.05) is 19.1 Å².